The van der Waals surface area contributed by atoms with Gasteiger partial charge in [-0.2, -0.15) is 0 Å². The van der Waals surface area contributed by atoms with E-state index in [1.807, 2.05) is 12.1 Å². The van der Waals surface area contributed by atoms with Crippen LogP contribution in [0.5, 0.6) is 0 Å². The maximum absolute atomic E-state index is 12.4. The fourth-order valence-electron chi connectivity index (χ4n) is 4.80. The predicted octanol–water partition coefficient (Wildman–Crippen LogP) is 4.12. The minimum Gasteiger partial charge on any atom is -0.459 e. The van der Waals surface area contributed by atoms with Crippen LogP contribution in [0.4, 0.5) is 0 Å². The van der Waals surface area contributed by atoms with Crippen molar-refractivity contribution in [1.82, 2.24) is 4.98 Å². The molecule has 5 atom stereocenters. The number of aliphatic hydroxyl groups is 2. The average molecular weight is 422 g/mol. The van der Waals surface area contributed by atoms with E-state index < -0.39 is 18.2 Å². The van der Waals surface area contributed by atoms with E-state index in [2.05, 4.69) is 35.3 Å². The number of ether oxygens (including phenoxy) is 1. The quantitative estimate of drug-likeness (QED) is 0.576. The Bertz CT molecular complexity index is 953. The van der Waals surface area contributed by atoms with E-state index in [1.54, 1.807) is 6.20 Å². The first-order valence-electron chi connectivity index (χ1n) is 11.3. The number of hydrogen-bond donors (Lipinski definition) is 2. The molecule has 2 heterocycles. The number of rotatable bonds is 3. The highest BCUT2D eigenvalue weighted by Crippen LogP contribution is 2.36. The molecule has 164 valence electrons. The Balaban J connectivity index is 1.41. The normalized spacial score (nSPS) is 31.7. The van der Waals surface area contributed by atoms with E-state index in [4.69, 9.17) is 4.74 Å². The number of allylic oxidation sites excluding steroid dienone is 2. The fraction of sp³-hybridized carbons (Fsp3) is 0.462. The molecule has 2 aliphatic rings. The van der Waals surface area contributed by atoms with Crippen molar-refractivity contribution in [3.8, 4) is 0 Å². The Kier molecular flexibility index (Phi) is 7.15. The number of carbonyl (C=O) groups is 1. The molecule has 0 spiro atoms. The maximum atomic E-state index is 12.4. The predicted molar refractivity (Wildman–Crippen MR) is 120 cm³/mol. The van der Waals surface area contributed by atoms with Crippen molar-refractivity contribution in [2.24, 2.45) is 11.8 Å². The Morgan fingerprint density at radius 1 is 1.13 bits per heavy atom. The summed E-state index contributed by atoms with van der Waals surface area (Å²) in [7, 11) is 0. The van der Waals surface area contributed by atoms with E-state index in [-0.39, 0.29) is 17.9 Å². The lowest BCUT2D eigenvalue weighted by molar-refractivity contribution is -0.143. The number of pyridine rings is 1. The van der Waals surface area contributed by atoms with Gasteiger partial charge in [0.1, 0.15) is 6.10 Å². The maximum Gasteiger partial charge on any atom is 0.330 e. The Hall–Kier alpha value is -2.50. The summed E-state index contributed by atoms with van der Waals surface area (Å²) in [5.74, 6) is -0.330. The lowest BCUT2D eigenvalue weighted by atomic mass is 9.90. The number of aromatic nitrogens is 1. The first-order valence-corrected chi connectivity index (χ1v) is 11.3. The molecule has 1 aromatic heterocycles. The van der Waals surface area contributed by atoms with Crippen molar-refractivity contribution in [3.05, 3.63) is 66.4 Å². The third kappa shape index (κ3) is 5.81. The SMILES string of the molecule is O=C1/C=C/[C@@H](O)[C@@H]2C[C@@H](O)C[C@H]2/C=C/CCC[C@H](CCc2ccc3cccnc3c2)O1. The summed E-state index contributed by atoms with van der Waals surface area (Å²) in [6.45, 7) is 0. The summed E-state index contributed by atoms with van der Waals surface area (Å²) in [4.78, 5) is 16.8. The van der Waals surface area contributed by atoms with Crippen LogP contribution < -0.4 is 0 Å². The van der Waals surface area contributed by atoms with E-state index in [0.717, 1.165) is 43.0 Å². The topological polar surface area (TPSA) is 79.7 Å². The number of carbonyl (C=O) groups excluding carboxylic acids is 1. The molecule has 0 unspecified atom stereocenters. The average Bonchev–Trinajstić information content (AvgIpc) is 3.15. The third-order valence-corrected chi connectivity index (χ3v) is 6.49. The molecular weight excluding hydrogens is 390 g/mol. The summed E-state index contributed by atoms with van der Waals surface area (Å²) in [5, 5.41) is 21.6. The number of nitrogens with zero attached hydrogens (tertiary/aromatic N) is 1. The highest BCUT2D eigenvalue weighted by Gasteiger charge is 2.35. The lowest BCUT2D eigenvalue weighted by Gasteiger charge is -2.19. The number of hydrogen-bond acceptors (Lipinski definition) is 5. The zero-order valence-corrected chi connectivity index (χ0v) is 17.8. The van der Waals surface area contributed by atoms with Gasteiger partial charge in [0.15, 0.2) is 0 Å². The van der Waals surface area contributed by atoms with Crippen LogP contribution in [0.2, 0.25) is 0 Å². The number of aliphatic hydroxyl groups excluding tert-OH is 2. The van der Waals surface area contributed by atoms with E-state index in [9.17, 15) is 15.0 Å². The van der Waals surface area contributed by atoms with E-state index in [0.29, 0.717) is 12.8 Å². The molecule has 1 saturated carbocycles. The zero-order chi connectivity index (χ0) is 21.6. The lowest BCUT2D eigenvalue weighted by Crippen LogP contribution is -2.22. The first kappa shape index (κ1) is 21.7. The van der Waals surface area contributed by atoms with E-state index >= 15 is 0 Å². The van der Waals surface area contributed by atoms with Crippen LogP contribution in [0.1, 0.15) is 44.1 Å². The zero-order valence-electron chi connectivity index (χ0n) is 17.8. The van der Waals surface area contributed by atoms with Crippen molar-refractivity contribution in [2.45, 2.75) is 63.3 Å². The van der Waals surface area contributed by atoms with Crippen molar-refractivity contribution < 1.29 is 19.7 Å². The third-order valence-electron chi connectivity index (χ3n) is 6.49. The second kappa shape index (κ2) is 10.2. The highest BCUT2D eigenvalue weighted by molar-refractivity contribution is 5.82. The van der Waals surface area contributed by atoms with Gasteiger partial charge in [-0.1, -0.05) is 30.4 Å². The molecule has 1 aliphatic carbocycles. The molecule has 1 aromatic carbocycles. The Morgan fingerprint density at radius 2 is 2.03 bits per heavy atom. The molecule has 2 aromatic rings. The molecule has 1 fully saturated rings. The Morgan fingerprint density at radius 3 is 2.94 bits per heavy atom. The molecule has 0 amide bonds. The van der Waals surface area contributed by atoms with Crippen LogP contribution in [-0.4, -0.2) is 39.5 Å². The number of esters is 1. The minimum atomic E-state index is -0.761. The van der Waals surface area contributed by atoms with Gasteiger partial charge in [-0.05, 0) is 80.6 Å². The van der Waals surface area contributed by atoms with Gasteiger partial charge in [0.2, 0.25) is 0 Å². The van der Waals surface area contributed by atoms with E-state index in [1.165, 1.54) is 17.7 Å². The van der Waals surface area contributed by atoms with Crippen LogP contribution in [0.15, 0.2) is 60.8 Å². The van der Waals surface area contributed by atoms with Crippen LogP contribution in [0, 0.1) is 11.8 Å². The van der Waals surface area contributed by atoms with Gasteiger partial charge in [0.25, 0.3) is 0 Å². The summed E-state index contributed by atoms with van der Waals surface area (Å²) in [6.07, 6.45) is 13.1. The van der Waals surface area contributed by atoms with Crippen molar-refractivity contribution >= 4 is 16.9 Å². The molecule has 0 radical (unpaired) electrons. The fourth-order valence-corrected chi connectivity index (χ4v) is 4.80. The number of cyclic esters (lactones) is 1. The van der Waals surface area contributed by atoms with Crippen molar-refractivity contribution in [1.29, 1.82) is 0 Å². The highest BCUT2D eigenvalue weighted by atomic mass is 16.5. The number of fused-ring (bicyclic) bond motifs is 2. The van der Waals surface area contributed by atoms with Crippen LogP contribution in [0.3, 0.4) is 0 Å². The van der Waals surface area contributed by atoms with Crippen LogP contribution in [-0.2, 0) is 16.0 Å². The molecule has 5 nitrogen and oxygen atoms in total. The van der Waals surface area contributed by atoms with Gasteiger partial charge < -0.3 is 14.9 Å². The monoisotopic (exact) mass is 421 g/mol. The largest absolute Gasteiger partial charge is 0.459 e. The second-order valence-electron chi connectivity index (χ2n) is 8.79. The van der Waals surface area contributed by atoms with Crippen LogP contribution >= 0.6 is 0 Å². The van der Waals surface area contributed by atoms with Gasteiger partial charge in [0.05, 0.1) is 17.7 Å². The number of aryl methyl sites for hydroxylation is 1. The van der Waals surface area contributed by atoms with Crippen molar-refractivity contribution in [3.63, 3.8) is 0 Å². The summed E-state index contributed by atoms with van der Waals surface area (Å²) in [5.41, 5.74) is 2.16. The minimum absolute atomic E-state index is 0.0617. The molecule has 4 rings (SSSR count). The molecule has 5 heteroatoms. The summed E-state index contributed by atoms with van der Waals surface area (Å²) < 4.78 is 5.73. The summed E-state index contributed by atoms with van der Waals surface area (Å²) >= 11 is 0. The molecule has 2 N–H and O–H groups in total. The van der Waals surface area contributed by atoms with Gasteiger partial charge >= 0.3 is 5.97 Å². The molecule has 1 aliphatic heterocycles. The molecule has 31 heavy (non-hydrogen) atoms. The van der Waals surface area contributed by atoms with Crippen LogP contribution in [0.25, 0.3) is 10.9 Å². The first-order chi connectivity index (χ1) is 15.1. The molecular formula is C26H31NO4. The summed E-state index contributed by atoms with van der Waals surface area (Å²) in [6, 6.07) is 10.3. The number of benzene rings is 1. The standard InChI is InChI=1S/C26H31NO4/c28-21-16-20-5-2-1-3-7-22(31-26(30)13-12-25(29)23(20)17-21)11-9-18-8-10-19-6-4-14-27-24(19)15-18/h2,4-6,8,10,12-15,20-23,25,28-29H,1,3,7,9,11,16-17H2/b5-2+,13-12+/t20-,21+,22-,23-,25-/m1/s1. The van der Waals surface area contributed by atoms with Gasteiger partial charge in [-0.25, -0.2) is 4.79 Å². The second-order valence-corrected chi connectivity index (χ2v) is 8.79. The van der Waals surface area contributed by atoms with Gasteiger partial charge in [-0.15, -0.1) is 0 Å². The van der Waals surface area contributed by atoms with Crippen molar-refractivity contribution in [2.75, 3.05) is 0 Å². The molecule has 0 bridgehead atoms. The van der Waals surface area contributed by atoms with Gasteiger partial charge in [0, 0.05) is 17.7 Å². The molecule has 0 saturated heterocycles. The Labute approximate surface area is 183 Å². The smallest absolute Gasteiger partial charge is 0.330 e. The van der Waals surface area contributed by atoms with Gasteiger partial charge in [-0.3, -0.25) is 4.98 Å².